The summed E-state index contributed by atoms with van der Waals surface area (Å²) in [6.07, 6.45) is 18.9. The number of unbranched alkanes of at least 4 members (excludes halogenated alkanes) is 24. The van der Waals surface area contributed by atoms with Crippen LogP contribution in [0.4, 0.5) is 0 Å². The van der Waals surface area contributed by atoms with E-state index in [0.717, 1.165) is 44.9 Å². The van der Waals surface area contributed by atoms with E-state index in [1.807, 2.05) is 6.08 Å². The van der Waals surface area contributed by atoms with Gasteiger partial charge in [0.2, 0.25) is 5.91 Å². The number of ether oxygens (including phenoxy) is 6. The molecule has 78 heavy (non-hydrogen) atoms. The van der Waals surface area contributed by atoms with Gasteiger partial charge >= 0.3 is 0 Å². The third-order valence-corrected chi connectivity index (χ3v) is 15.2. The number of hydrogen-bond donors (Lipinski definition) is 12. The Morgan fingerprint density at radius 3 is 1.32 bits per heavy atom. The van der Waals surface area contributed by atoms with Crippen molar-refractivity contribution >= 4 is 5.91 Å². The molecule has 17 unspecified atom stereocenters. The van der Waals surface area contributed by atoms with E-state index in [4.69, 9.17) is 28.4 Å². The quantitative estimate of drug-likeness (QED) is 0.0271. The second-order valence-corrected chi connectivity index (χ2v) is 21.8. The van der Waals surface area contributed by atoms with Gasteiger partial charge in [-0.2, -0.15) is 0 Å². The predicted molar refractivity (Wildman–Crippen MR) is 296 cm³/mol. The Labute approximate surface area is 466 Å². The van der Waals surface area contributed by atoms with E-state index in [0.29, 0.717) is 12.8 Å². The van der Waals surface area contributed by atoms with Crippen LogP contribution in [0, 0.1) is 0 Å². The van der Waals surface area contributed by atoms with Crippen LogP contribution in [0.2, 0.25) is 0 Å². The molecule has 3 rings (SSSR count). The van der Waals surface area contributed by atoms with Crippen molar-refractivity contribution in [1.82, 2.24) is 5.32 Å². The van der Waals surface area contributed by atoms with Crippen LogP contribution in [-0.4, -0.2) is 193 Å². The Hall–Kier alpha value is -1.99. The van der Waals surface area contributed by atoms with E-state index >= 15 is 0 Å². The summed E-state index contributed by atoms with van der Waals surface area (Å²) in [5, 5.41) is 120. The first-order valence-corrected chi connectivity index (χ1v) is 30.2. The molecule has 0 spiro atoms. The molecule has 0 aromatic heterocycles. The highest BCUT2D eigenvalue weighted by molar-refractivity contribution is 5.76. The fraction of sp³-hybridized carbons (Fsp3) is 0.881. The summed E-state index contributed by atoms with van der Waals surface area (Å²) >= 11 is 0. The van der Waals surface area contributed by atoms with Gasteiger partial charge in [0.05, 0.1) is 38.6 Å². The normalized spacial score (nSPS) is 30.7. The van der Waals surface area contributed by atoms with E-state index in [2.05, 4.69) is 43.5 Å². The fourth-order valence-corrected chi connectivity index (χ4v) is 10.1. The number of aliphatic hydroxyl groups is 11. The maximum atomic E-state index is 13.3. The summed E-state index contributed by atoms with van der Waals surface area (Å²) in [5.41, 5.74) is 0. The van der Waals surface area contributed by atoms with Crippen LogP contribution >= 0.6 is 0 Å². The molecular formula is C59H107NO18. The van der Waals surface area contributed by atoms with Gasteiger partial charge < -0.3 is 89.9 Å². The van der Waals surface area contributed by atoms with Crippen LogP contribution in [0.15, 0.2) is 36.5 Å². The van der Waals surface area contributed by atoms with Gasteiger partial charge in [0, 0.05) is 6.42 Å². The minimum Gasteiger partial charge on any atom is -0.394 e. The number of amides is 1. The smallest absolute Gasteiger partial charge is 0.220 e. The average molecular weight is 1120 g/mol. The van der Waals surface area contributed by atoms with Gasteiger partial charge in [0.15, 0.2) is 18.9 Å². The van der Waals surface area contributed by atoms with E-state index < -0.39 is 124 Å². The number of carbonyl (C=O) groups excluding carboxylic acids is 1. The SMILES string of the molecule is CCCC/C=C/CC/C=C/C(O)C(COC1OC(CO)C(OC2OC(CO)C(OC3OC(CO)C(O)C(O)C3O)C(O)C2O)C(O)C1O)NC(=O)CCCCCCCCCCCCCCC/C=C\CCCCCCCCCC. The van der Waals surface area contributed by atoms with Crippen LogP contribution in [0.5, 0.6) is 0 Å². The van der Waals surface area contributed by atoms with Crippen LogP contribution in [0.3, 0.4) is 0 Å². The zero-order valence-electron chi connectivity index (χ0n) is 47.4. The highest BCUT2D eigenvalue weighted by Gasteiger charge is 2.53. The van der Waals surface area contributed by atoms with Crippen molar-refractivity contribution in [2.24, 2.45) is 0 Å². The number of aliphatic hydroxyl groups excluding tert-OH is 11. The first-order chi connectivity index (χ1) is 37.8. The lowest BCUT2D eigenvalue weighted by molar-refractivity contribution is -0.379. The Balaban J connectivity index is 1.41. The second-order valence-electron chi connectivity index (χ2n) is 21.8. The Bertz CT molecular complexity index is 1570. The van der Waals surface area contributed by atoms with Crippen molar-refractivity contribution in [2.45, 2.75) is 304 Å². The maximum absolute atomic E-state index is 13.3. The zero-order valence-corrected chi connectivity index (χ0v) is 47.4. The lowest BCUT2D eigenvalue weighted by Crippen LogP contribution is -2.66. The van der Waals surface area contributed by atoms with Crippen molar-refractivity contribution in [3.63, 3.8) is 0 Å². The molecule has 0 aromatic rings. The molecule has 19 nitrogen and oxygen atoms in total. The van der Waals surface area contributed by atoms with Gasteiger partial charge in [0.1, 0.15) is 73.2 Å². The molecule has 456 valence electrons. The van der Waals surface area contributed by atoms with Gasteiger partial charge in [0.25, 0.3) is 0 Å². The molecule has 0 aliphatic carbocycles. The topological polar surface area (TPSA) is 307 Å². The summed E-state index contributed by atoms with van der Waals surface area (Å²) in [6, 6.07) is -0.986. The largest absolute Gasteiger partial charge is 0.394 e. The number of hydrogen-bond acceptors (Lipinski definition) is 18. The van der Waals surface area contributed by atoms with E-state index in [1.54, 1.807) is 6.08 Å². The minimum absolute atomic E-state index is 0.236. The molecule has 0 radical (unpaired) electrons. The van der Waals surface area contributed by atoms with Crippen LogP contribution in [0.1, 0.15) is 200 Å². The molecule has 12 N–H and O–H groups in total. The van der Waals surface area contributed by atoms with E-state index in [9.17, 15) is 61.0 Å². The van der Waals surface area contributed by atoms with Crippen molar-refractivity contribution in [1.29, 1.82) is 0 Å². The molecule has 17 atom stereocenters. The second kappa shape index (κ2) is 42.8. The molecule has 3 saturated heterocycles. The highest BCUT2D eigenvalue weighted by Crippen LogP contribution is 2.33. The molecule has 3 heterocycles. The van der Waals surface area contributed by atoms with Crippen molar-refractivity contribution in [3.05, 3.63) is 36.5 Å². The molecular weight excluding hydrogens is 1010 g/mol. The Morgan fingerprint density at radius 2 is 0.833 bits per heavy atom. The summed E-state index contributed by atoms with van der Waals surface area (Å²) in [6.45, 7) is 1.61. The van der Waals surface area contributed by atoms with Gasteiger partial charge in [-0.3, -0.25) is 4.79 Å². The van der Waals surface area contributed by atoms with E-state index in [1.165, 1.54) is 122 Å². The van der Waals surface area contributed by atoms with Crippen LogP contribution in [-0.2, 0) is 33.2 Å². The Morgan fingerprint density at radius 1 is 0.449 bits per heavy atom. The van der Waals surface area contributed by atoms with Gasteiger partial charge in [-0.1, -0.05) is 179 Å². The summed E-state index contributed by atoms with van der Waals surface area (Å²) in [7, 11) is 0. The van der Waals surface area contributed by atoms with Crippen molar-refractivity contribution < 1.29 is 89.4 Å². The molecule has 3 fully saturated rings. The Kier molecular flexibility index (Phi) is 38.5. The van der Waals surface area contributed by atoms with Gasteiger partial charge in [-0.25, -0.2) is 0 Å². The summed E-state index contributed by atoms with van der Waals surface area (Å²) in [5.74, 6) is -0.289. The molecule has 1 amide bonds. The molecule has 0 saturated carbocycles. The standard InChI is InChI=1S/C59H107NO18/c1-3-5-7-9-11-13-14-15-16-17-18-19-20-21-22-23-24-25-26-27-28-29-31-33-35-37-47(65)60-42(43(64)36-34-32-30-12-10-8-6-4-2)41-73-57-53(71)50(68)55(45(39-62)75-57)78-59-54(72)51(69)56(46(40-63)76-59)77-58-52(70)49(67)48(66)44(38-61)74-58/h10,12,17-18,34,36,42-46,48-59,61-64,66-72H,3-9,11,13-16,19-33,35,37-41H2,1-2H3,(H,60,65)/b12-10+,18-17-,36-34+. The lowest BCUT2D eigenvalue weighted by Gasteiger charge is -2.48. The average Bonchev–Trinajstić information content (AvgIpc) is 3.48. The third-order valence-electron chi connectivity index (χ3n) is 15.2. The van der Waals surface area contributed by atoms with Crippen molar-refractivity contribution in [3.8, 4) is 0 Å². The van der Waals surface area contributed by atoms with Gasteiger partial charge in [-0.15, -0.1) is 0 Å². The molecule has 3 aliphatic heterocycles. The summed E-state index contributed by atoms with van der Waals surface area (Å²) in [4.78, 5) is 13.3. The molecule has 0 aromatic carbocycles. The number of carbonyl (C=O) groups is 1. The number of rotatable bonds is 44. The van der Waals surface area contributed by atoms with E-state index in [-0.39, 0.29) is 18.9 Å². The first-order valence-electron chi connectivity index (χ1n) is 30.2. The maximum Gasteiger partial charge on any atom is 0.220 e. The molecule has 3 aliphatic rings. The van der Waals surface area contributed by atoms with Crippen molar-refractivity contribution in [2.75, 3.05) is 26.4 Å². The van der Waals surface area contributed by atoms with Crippen LogP contribution in [0.25, 0.3) is 0 Å². The monoisotopic (exact) mass is 1120 g/mol. The lowest BCUT2D eigenvalue weighted by atomic mass is 9.96. The third kappa shape index (κ3) is 26.5. The summed E-state index contributed by atoms with van der Waals surface area (Å²) < 4.78 is 34.1. The van der Waals surface area contributed by atoms with Crippen LogP contribution < -0.4 is 5.32 Å². The molecule has 19 heteroatoms. The number of nitrogens with one attached hydrogen (secondary N) is 1. The fourth-order valence-electron chi connectivity index (χ4n) is 10.1. The highest BCUT2D eigenvalue weighted by atomic mass is 16.8. The first kappa shape index (κ1) is 70.3. The number of allylic oxidation sites excluding steroid dienone is 5. The van der Waals surface area contributed by atoms with Gasteiger partial charge in [-0.05, 0) is 51.4 Å². The molecule has 0 bridgehead atoms. The zero-order chi connectivity index (χ0) is 56.9. The predicted octanol–water partition coefficient (Wildman–Crippen LogP) is 5.32. The minimum atomic E-state index is -1.98.